The van der Waals surface area contributed by atoms with E-state index < -0.39 is 0 Å². The van der Waals surface area contributed by atoms with Crippen molar-refractivity contribution in [1.29, 1.82) is 5.26 Å². The summed E-state index contributed by atoms with van der Waals surface area (Å²) in [5.41, 5.74) is 2.36. The second-order valence-corrected chi connectivity index (χ2v) is 3.93. The van der Waals surface area contributed by atoms with Crippen molar-refractivity contribution in [3.05, 3.63) is 58.9 Å². The van der Waals surface area contributed by atoms with E-state index in [1.54, 1.807) is 12.3 Å². The molecule has 0 radical (unpaired) electrons. The highest BCUT2D eigenvalue weighted by molar-refractivity contribution is 6.31. The zero-order valence-corrected chi connectivity index (χ0v) is 9.78. The maximum absolute atomic E-state index is 8.75. The lowest BCUT2D eigenvalue weighted by atomic mass is 10.2. The Morgan fingerprint density at radius 2 is 2.12 bits per heavy atom. The van der Waals surface area contributed by atoms with Gasteiger partial charge >= 0.3 is 0 Å². The van der Waals surface area contributed by atoms with Crippen molar-refractivity contribution in [3.63, 3.8) is 0 Å². The summed E-state index contributed by atoms with van der Waals surface area (Å²) in [5.74, 6) is 0. The number of nitrogens with zero attached hydrogens (tertiary/aromatic N) is 2. The second kappa shape index (κ2) is 5.33. The minimum Gasteiger partial charge on any atom is -0.380 e. The maximum atomic E-state index is 8.75. The van der Waals surface area contributed by atoms with Crippen LogP contribution in [0.4, 0.5) is 5.69 Å². The van der Waals surface area contributed by atoms with Crippen molar-refractivity contribution in [3.8, 4) is 6.07 Å². The molecule has 0 saturated heterocycles. The number of rotatable bonds is 3. The third-order valence-electron chi connectivity index (χ3n) is 2.31. The maximum Gasteiger partial charge on any atom is 0.101 e. The molecule has 1 N–H and O–H groups in total. The Bertz CT molecular complexity index is 561. The number of pyridine rings is 1. The van der Waals surface area contributed by atoms with E-state index in [1.165, 1.54) is 6.20 Å². The van der Waals surface area contributed by atoms with Crippen molar-refractivity contribution < 1.29 is 0 Å². The zero-order valence-electron chi connectivity index (χ0n) is 9.02. The molecular weight excluding hydrogens is 234 g/mol. The van der Waals surface area contributed by atoms with Gasteiger partial charge in [0.2, 0.25) is 0 Å². The van der Waals surface area contributed by atoms with E-state index in [0.29, 0.717) is 12.1 Å². The molecule has 2 rings (SSSR count). The quantitative estimate of drug-likeness (QED) is 0.901. The summed E-state index contributed by atoms with van der Waals surface area (Å²) in [7, 11) is 0. The standard InChI is InChI=1S/C13H10ClN3/c14-13-4-2-1-3-11(13)8-17-12-5-10(6-15)7-16-9-12/h1-5,7,9,17H,8H2. The van der Waals surface area contributed by atoms with Gasteiger partial charge in [-0.15, -0.1) is 0 Å². The molecule has 0 atom stereocenters. The van der Waals surface area contributed by atoms with Crippen LogP contribution in [0.3, 0.4) is 0 Å². The normalized spacial score (nSPS) is 9.65. The van der Waals surface area contributed by atoms with Gasteiger partial charge in [0, 0.05) is 17.8 Å². The molecule has 1 heterocycles. The van der Waals surface area contributed by atoms with Gasteiger partial charge in [0.05, 0.1) is 17.4 Å². The average Bonchev–Trinajstić information content (AvgIpc) is 2.38. The highest BCUT2D eigenvalue weighted by Gasteiger charge is 1.99. The predicted molar refractivity (Wildman–Crippen MR) is 67.7 cm³/mol. The number of aromatic nitrogens is 1. The van der Waals surface area contributed by atoms with E-state index in [9.17, 15) is 0 Å². The second-order valence-electron chi connectivity index (χ2n) is 3.52. The molecule has 2 aromatic rings. The number of anilines is 1. The lowest BCUT2D eigenvalue weighted by molar-refractivity contribution is 1.13. The molecule has 1 aromatic carbocycles. The molecule has 0 aliphatic carbocycles. The summed E-state index contributed by atoms with van der Waals surface area (Å²) in [4.78, 5) is 3.97. The van der Waals surface area contributed by atoms with E-state index in [4.69, 9.17) is 16.9 Å². The summed E-state index contributed by atoms with van der Waals surface area (Å²) in [5, 5.41) is 12.7. The summed E-state index contributed by atoms with van der Waals surface area (Å²) >= 11 is 6.04. The fraction of sp³-hybridized carbons (Fsp3) is 0.0769. The molecule has 0 aliphatic heterocycles. The van der Waals surface area contributed by atoms with Gasteiger partial charge in [-0.25, -0.2) is 0 Å². The molecule has 3 nitrogen and oxygen atoms in total. The molecule has 4 heteroatoms. The van der Waals surface area contributed by atoms with Crippen molar-refractivity contribution >= 4 is 17.3 Å². The lowest BCUT2D eigenvalue weighted by Crippen LogP contribution is -2.00. The first kappa shape index (κ1) is 11.4. The van der Waals surface area contributed by atoms with Crippen molar-refractivity contribution in [2.75, 3.05) is 5.32 Å². The van der Waals surface area contributed by atoms with Gasteiger partial charge in [-0.3, -0.25) is 4.98 Å². The topological polar surface area (TPSA) is 48.7 Å². The predicted octanol–water partition coefficient (Wildman–Crippen LogP) is 3.22. The van der Waals surface area contributed by atoms with Crippen LogP contribution >= 0.6 is 11.6 Å². The smallest absolute Gasteiger partial charge is 0.101 e. The molecule has 0 amide bonds. The molecule has 0 aliphatic rings. The lowest BCUT2D eigenvalue weighted by Gasteiger charge is -2.07. The van der Waals surface area contributed by atoms with Crippen LogP contribution in [0.5, 0.6) is 0 Å². The summed E-state index contributed by atoms with van der Waals surface area (Å²) in [6.07, 6.45) is 3.21. The van der Waals surface area contributed by atoms with Crippen molar-refractivity contribution in [2.45, 2.75) is 6.54 Å². The first-order chi connectivity index (χ1) is 8.29. The van der Waals surface area contributed by atoms with E-state index in [0.717, 1.165) is 16.3 Å². The number of hydrogen-bond acceptors (Lipinski definition) is 3. The first-order valence-electron chi connectivity index (χ1n) is 5.12. The SMILES string of the molecule is N#Cc1cncc(NCc2ccccc2Cl)c1. The monoisotopic (exact) mass is 243 g/mol. The zero-order chi connectivity index (χ0) is 12.1. The summed E-state index contributed by atoms with van der Waals surface area (Å²) in [6.45, 7) is 0.607. The molecule has 1 aromatic heterocycles. The van der Waals surface area contributed by atoms with E-state index in [2.05, 4.69) is 10.3 Å². The van der Waals surface area contributed by atoms with Gasteiger partial charge < -0.3 is 5.32 Å². The van der Waals surface area contributed by atoms with E-state index in [1.807, 2.05) is 30.3 Å². The summed E-state index contributed by atoms with van der Waals surface area (Å²) in [6, 6.07) is 11.4. The van der Waals surface area contributed by atoms with Gasteiger partial charge in [-0.05, 0) is 17.7 Å². The van der Waals surface area contributed by atoms with E-state index in [-0.39, 0.29) is 0 Å². The molecule has 0 saturated carbocycles. The molecular formula is C13H10ClN3. The Hall–Kier alpha value is -2.05. The fourth-order valence-electron chi connectivity index (χ4n) is 1.44. The van der Waals surface area contributed by atoms with Crippen LogP contribution in [0.2, 0.25) is 5.02 Å². The van der Waals surface area contributed by atoms with Crippen molar-refractivity contribution in [2.24, 2.45) is 0 Å². The Morgan fingerprint density at radius 3 is 2.88 bits per heavy atom. The van der Waals surface area contributed by atoms with Gasteiger partial charge in [0.15, 0.2) is 0 Å². The highest BCUT2D eigenvalue weighted by atomic mass is 35.5. The molecule has 0 spiro atoms. The molecule has 17 heavy (non-hydrogen) atoms. The molecule has 0 fully saturated rings. The van der Waals surface area contributed by atoms with Crippen LogP contribution in [0.25, 0.3) is 0 Å². The fourth-order valence-corrected chi connectivity index (χ4v) is 1.64. The van der Waals surface area contributed by atoms with Crippen molar-refractivity contribution in [1.82, 2.24) is 4.98 Å². The summed E-state index contributed by atoms with van der Waals surface area (Å²) < 4.78 is 0. The van der Waals surface area contributed by atoms with Crippen LogP contribution < -0.4 is 5.32 Å². The third kappa shape index (κ3) is 2.96. The minimum absolute atomic E-state index is 0.536. The molecule has 84 valence electrons. The Balaban J connectivity index is 2.08. The van der Waals surface area contributed by atoms with Crippen LogP contribution in [-0.4, -0.2) is 4.98 Å². The highest BCUT2D eigenvalue weighted by Crippen LogP contribution is 2.16. The van der Waals surface area contributed by atoms with Gasteiger partial charge in [-0.1, -0.05) is 29.8 Å². The van der Waals surface area contributed by atoms with Crippen LogP contribution in [-0.2, 0) is 6.54 Å². The minimum atomic E-state index is 0.536. The van der Waals surface area contributed by atoms with Gasteiger partial charge in [-0.2, -0.15) is 5.26 Å². The number of halogens is 1. The Morgan fingerprint density at radius 1 is 1.29 bits per heavy atom. The number of hydrogen-bond donors (Lipinski definition) is 1. The largest absolute Gasteiger partial charge is 0.380 e. The molecule has 0 bridgehead atoms. The van der Waals surface area contributed by atoms with Crippen LogP contribution in [0.1, 0.15) is 11.1 Å². The number of nitriles is 1. The van der Waals surface area contributed by atoms with Crippen LogP contribution in [0, 0.1) is 11.3 Å². The van der Waals surface area contributed by atoms with Gasteiger partial charge in [0.25, 0.3) is 0 Å². The Kier molecular flexibility index (Phi) is 3.59. The molecule has 0 unspecified atom stereocenters. The van der Waals surface area contributed by atoms with Gasteiger partial charge in [0.1, 0.15) is 6.07 Å². The van der Waals surface area contributed by atoms with Crippen LogP contribution in [0.15, 0.2) is 42.7 Å². The number of nitrogens with one attached hydrogen (secondary N) is 1. The van der Waals surface area contributed by atoms with E-state index >= 15 is 0 Å². The Labute approximate surface area is 105 Å². The first-order valence-corrected chi connectivity index (χ1v) is 5.50. The number of benzene rings is 1. The third-order valence-corrected chi connectivity index (χ3v) is 2.68. The average molecular weight is 244 g/mol.